The Morgan fingerprint density at radius 1 is 0.850 bits per heavy atom. The molecule has 0 bridgehead atoms. The summed E-state index contributed by atoms with van der Waals surface area (Å²) in [5, 5.41) is 0. The predicted octanol–water partition coefficient (Wildman–Crippen LogP) is 2.04. The lowest BCUT2D eigenvalue weighted by molar-refractivity contribution is 0.304. The van der Waals surface area contributed by atoms with Crippen molar-refractivity contribution in [2.24, 2.45) is 0 Å². The molecule has 2 rings (SSSR count). The van der Waals surface area contributed by atoms with Crippen LogP contribution in [-0.2, 0) is 0 Å². The van der Waals surface area contributed by atoms with Crippen molar-refractivity contribution < 1.29 is 14.2 Å². The smallest absolute Gasteiger partial charge is 0.330 e. The Bertz CT molecular complexity index is 560. The van der Waals surface area contributed by atoms with Crippen LogP contribution in [0.15, 0.2) is 24.3 Å². The van der Waals surface area contributed by atoms with Crippen LogP contribution in [0.5, 0.6) is 23.5 Å². The van der Waals surface area contributed by atoms with Crippen molar-refractivity contribution in [1.82, 2.24) is 15.0 Å². The first kappa shape index (κ1) is 13.9. The van der Waals surface area contributed by atoms with E-state index in [1.807, 2.05) is 13.8 Å². The van der Waals surface area contributed by atoms with Gasteiger partial charge in [0.2, 0.25) is 5.95 Å². The summed E-state index contributed by atoms with van der Waals surface area (Å²) in [5.41, 5.74) is 5.56. The maximum Gasteiger partial charge on any atom is 0.330 e. The third kappa shape index (κ3) is 3.71. The Hall–Kier alpha value is -2.57. The lowest BCUT2D eigenvalue weighted by Gasteiger charge is -2.07. The molecule has 0 amide bonds. The number of hydrogen-bond donors (Lipinski definition) is 1. The van der Waals surface area contributed by atoms with Crippen LogP contribution in [0.3, 0.4) is 0 Å². The van der Waals surface area contributed by atoms with E-state index in [1.165, 1.54) is 0 Å². The van der Waals surface area contributed by atoms with Gasteiger partial charge in [-0.3, -0.25) is 0 Å². The van der Waals surface area contributed by atoms with Crippen LogP contribution in [0.2, 0.25) is 0 Å². The molecule has 1 aromatic heterocycles. The molecule has 106 valence electrons. The van der Waals surface area contributed by atoms with Crippen molar-refractivity contribution in [3.05, 3.63) is 24.3 Å². The van der Waals surface area contributed by atoms with E-state index >= 15 is 0 Å². The van der Waals surface area contributed by atoms with Gasteiger partial charge in [0.05, 0.1) is 13.2 Å². The molecule has 1 aromatic carbocycles. The maximum absolute atomic E-state index is 5.56. The van der Waals surface area contributed by atoms with Crippen LogP contribution >= 0.6 is 0 Å². The van der Waals surface area contributed by atoms with Gasteiger partial charge in [0.25, 0.3) is 0 Å². The van der Waals surface area contributed by atoms with Crippen molar-refractivity contribution in [3.8, 4) is 23.5 Å². The fourth-order valence-electron chi connectivity index (χ4n) is 1.47. The highest BCUT2D eigenvalue weighted by Gasteiger charge is 2.07. The molecule has 0 aliphatic rings. The molecule has 0 fully saturated rings. The van der Waals surface area contributed by atoms with Crippen LogP contribution in [-0.4, -0.2) is 28.2 Å². The Kier molecular flexibility index (Phi) is 4.54. The molecular formula is C13H16N4O3. The van der Waals surface area contributed by atoms with Gasteiger partial charge in [-0.25, -0.2) is 0 Å². The molecular weight excluding hydrogens is 260 g/mol. The van der Waals surface area contributed by atoms with Crippen molar-refractivity contribution in [2.45, 2.75) is 13.8 Å². The summed E-state index contributed by atoms with van der Waals surface area (Å²) in [4.78, 5) is 11.7. The highest BCUT2D eigenvalue weighted by Crippen LogP contribution is 2.22. The van der Waals surface area contributed by atoms with E-state index < -0.39 is 0 Å². The summed E-state index contributed by atoms with van der Waals surface area (Å²) >= 11 is 0. The third-order valence-electron chi connectivity index (χ3n) is 2.23. The molecule has 0 spiro atoms. The lowest BCUT2D eigenvalue weighted by Crippen LogP contribution is -2.04. The van der Waals surface area contributed by atoms with E-state index in [-0.39, 0.29) is 18.0 Å². The van der Waals surface area contributed by atoms with Crippen LogP contribution in [0, 0.1) is 0 Å². The number of nitrogens with two attached hydrogens (primary N) is 1. The second-order valence-corrected chi connectivity index (χ2v) is 3.70. The van der Waals surface area contributed by atoms with E-state index in [4.69, 9.17) is 19.9 Å². The molecule has 7 heteroatoms. The number of ether oxygens (including phenoxy) is 3. The Labute approximate surface area is 116 Å². The zero-order valence-corrected chi connectivity index (χ0v) is 11.4. The van der Waals surface area contributed by atoms with Crippen LogP contribution in [0.1, 0.15) is 13.8 Å². The zero-order chi connectivity index (χ0) is 14.4. The van der Waals surface area contributed by atoms with Gasteiger partial charge in [-0.05, 0) is 38.1 Å². The number of aromatic nitrogens is 3. The highest BCUT2D eigenvalue weighted by molar-refractivity contribution is 5.33. The summed E-state index contributed by atoms with van der Waals surface area (Å²) in [5.74, 6) is 1.39. The molecule has 2 N–H and O–H groups in total. The average molecular weight is 276 g/mol. The van der Waals surface area contributed by atoms with E-state index in [1.54, 1.807) is 24.3 Å². The first-order valence-electron chi connectivity index (χ1n) is 6.26. The first-order valence-corrected chi connectivity index (χ1v) is 6.26. The molecule has 1 heterocycles. The lowest BCUT2D eigenvalue weighted by atomic mass is 10.3. The molecule has 0 saturated heterocycles. The van der Waals surface area contributed by atoms with Gasteiger partial charge in [0.15, 0.2) is 0 Å². The minimum Gasteiger partial charge on any atom is -0.494 e. The minimum atomic E-state index is 0.0457. The van der Waals surface area contributed by atoms with Gasteiger partial charge in [-0.15, -0.1) is 4.98 Å². The van der Waals surface area contributed by atoms with Crippen molar-refractivity contribution in [3.63, 3.8) is 0 Å². The Morgan fingerprint density at radius 3 is 2.10 bits per heavy atom. The summed E-state index contributed by atoms with van der Waals surface area (Å²) in [6, 6.07) is 7.34. The molecule has 0 atom stereocenters. The van der Waals surface area contributed by atoms with Crippen LogP contribution < -0.4 is 19.9 Å². The van der Waals surface area contributed by atoms with E-state index in [0.29, 0.717) is 19.0 Å². The minimum absolute atomic E-state index is 0.0457. The van der Waals surface area contributed by atoms with Crippen molar-refractivity contribution in [2.75, 3.05) is 18.9 Å². The molecule has 0 radical (unpaired) electrons. The third-order valence-corrected chi connectivity index (χ3v) is 2.23. The standard InChI is InChI=1S/C13H16N4O3/c1-3-18-9-5-7-10(8-6-9)20-13-16-11(14)15-12(17-13)19-4-2/h5-8H,3-4H2,1-2H3,(H2,14,15,16,17). The van der Waals surface area contributed by atoms with Gasteiger partial charge in [-0.2, -0.15) is 9.97 Å². The summed E-state index contributed by atoms with van der Waals surface area (Å²) in [6.07, 6.45) is 0. The number of benzene rings is 1. The second-order valence-electron chi connectivity index (χ2n) is 3.70. The molecule has 0 aliphatic heterocycles. The number of nitrogens with zero attached hydrogens (tertiary/aromatic N) is 3. The predicted molar refractivity (Wildman–Crippen MR) is 73.1 cm³/mol. The quantitative estimate of drug-likeness (QED) is 0.862. The van der Waals surface area contributed by atoms with E-state index in [2.05, 4.69) is 15.0 Å². The number of anilines is 1. The van der Waals surface area contributed by atoms with E-state index in [0.717, 1.165) is 5.75 Å². The number of nitrogen functional groups attached to an aromatic ring is 1. The Morgan fingerprint density at radius 2 is 1.45 bits per heavy atom. The van der Waals surface area contributed by atoms with Crippen molar-refractivity contribution in [1.29, 1.82) is 0 Å². The van der Waals surface area contributed by atoms with Gasteiger partial charge < -0.3 is 19.9 Å². The molecule has 7 nitrogen and oxygen atoms in total. The van der Waals surface area contributed by atoms with Crippen molar-refractivity contribution >= 4 is 5.95 Å². The topological polar surface area (TPSA) is 92.4 Å². The second kappa shape index (κ2) is 6.55. The molecule has 0 unspecified atom stereocenters. The summed E-state index contributed by atoms with van der Waals surface area (Å²) in [6.45, 7) is 4.80. The van der Waals surface area contributed by atoms with Gasteiger partial charge in [0.1, 0.15) is 11.5 Å². The maximum atomic E-state index is 5.56. The molecule has 2 aromatic rings. The largest absolute Gasteiger partial charge is 0.494 e. The summed E-state index contributed by atoms with van der Waals surface area (Å²) < 4.78 is 16.0. The molecule has 0 saturated carbocycles. The van der Waals surface area contributed by atoms with Crippen LogP contribution in [0.25, 0.3) is 0 Å². The average Bonchev–Trinajstić information content (AvgIpc) is 2.41. The van der Waals surface area contributed by atoms with Crippen LogP contribution in [0.4, 0.5) is 5.95 Å². The van der Waals surface area contributed by atoms with Gasteiger partial charge in [-0.1, -0.05) is 0 Å². The normalized spacial score (nSPS) is 10.1. The zero-order valence-electron chi connectivity index (χ0n) is 11.4. The fraction of sp³-hybridized carbons (Fsp3) is 0.308. The van der Waals surface area contributed by atoms with E-state index in [9.17, 15) is 0 Å². The Balaban J connectivity index is 2.12. The highest BCUT2D eigenvalue weighted by atomic mass is 16.5. The number of rotatable bonds is 6. The SMILES string of the molecule is CCOc1ccc(Oc2nc(N)nc(OCC)n2)cc1. The molecule has 0 aliphatic carbocycles. The monoisotopic (exact) mass is 276 g/mol. The number of hydrogen-bond acceptors (Lipinski definition) is 7. The van der Waals surface area contributed by atoms with Gasteiger partial charge in [0, 0.05) is 0 Å². The summed E-state index contributed by atoms with van der Waals surface area (Å²) in [7, 11) is 0. The fourth-order valence-corrected chi connectivity index (χ4v) is 1.47. The molecule has 20 heavy (non-hydrogen) atoms. The first-order chi connectivity index (χ1) is 9.71. The van der Waals surface area contributed by atoms with Gasteiger partial charge >= 0.3 is 12.0 Å².